The Hall–Kier alpha value is -3.41. The zero-order valence-corrected chi connectivity index (χ0v) is 47.4. The molecule has 0 N–H and O–H groups in total. The number of carbonyl (C=O) groups excluding carboxylic acids is 3. The molecule has 0 saturated carbocycles. The van der Waals surface area contributed by atoms with E-state index in [9.17, 15) is 14.4 Å². The van der Waals surface area contributed by atoms with Crippen molar-refractivity contribution in [2.75, 3.05) is 13.2 Å². The van der Waals surface area contributed by atoms with Gasteiger partial charge in [0.05, 0.1) is 0 Å². The number of esters is 3. The lowest BCUT2D eigenvalue weighted by molar-refractivity contribution is -0.167. The van der Waals surface area contributed by atoms with Crippen LogP contribution in [0.15, 0.2) is 85.1 Å². The normalized spacial score (nSPS) is 12.7. The van der Waals surface area contributed by atoms with Gasteiger partial charge in [0.25, 0.3) is 0 Å². The van der Waals surface area contributed by atoms with Crippen molar-refractivity contribution in [2.24, 2.45) is 0 Å². The summed E-state index contributed by atoms with van der Waals surface area (Å²) in [6, 6.07) is 0. The van der Waals surface area contributed by atoms with Gasteiger partial charge in [-0.05, 0) is 109 Å². The van der Waals surface area contributed by atoms with Crippen LogP contribution in [-0.4, -0.2) is 37.2 Å². The van der Waals surface area contributed by atoms with E-state index < -0.39 is 6.10 Å². The summed E-state index contributed by atoms with van der Waals surface area (Å²) in [6.45, 7) is 6.46. The molecule has 0 aromatic heterocycles. The SMILES string of the molecule is CC/C=C\C/C=C\C/C=C\C/C=C\C/C=C\CCCCCCCC(=O)OC(COC(=O)CCCCCCC/C=C\CCC)COC(=O)CCCCCCCCCCCCC/C=C\CCCCCCCCCC. The van der Waals surface area contributed by atoms with Gasteiger partial charge in [0.1, 0.15) is 13.2 Å². The summed E-state index contributed by atoms with van der Waals surface area (Å²) in [5.74, 6) is -0.911. The molecule has 1 unspecified atom stereocenters. The van der Waals surface area contributed by atoms with E-state index in [1.54, 1.807) is 0 Å². The van der Waals surface area contributed by atoms with Gasteiger partial charge in [-0.25, -0.2) is 0 Å². The molecule has 0 bridgehead atoms. The molecule has 72 heavy (non-hydrogen) atoms. The van der Waals surface area contributed by atoms with Crippen molar-refractivity contribution in [1.82, 2.24) is 0 Å². The Morgan fingerprint density at radius 1 is 0.292 bits per heavy atom. The van der Waals surface area contributed by atoms with Gasteiger partial charge >= 0.3 is 17.9 Å². The average Bonchev–Trinajstić information content (AvgIpc) is 3.38. The van der Waals surface area contributed by atoms with Gasteiger partial charge < -0.3 is 14.2 Å². The maximum absolute atomic E-state index is 12.9. The molecule has 0 aliphatic rings. The first-order valence-corrected chi connectivity index (χ1v) is 30.6. The van der Waals surface area contributed by atoms with Gasteiger partial charge in [0.15, 0.2) is 6.10 Å². The quantitative estimate of drug-likeness (QED) is 0.0261. The smallest absolute Gasteiger partial charge is 0.306 e. The molecule has 6 nitrogen and oxygen atoms in total. The third kappa shape index (κ3) is 57.5. The summed E-state index contributed by atoms with van der Waals surface area (Å²) in [4.78, 5) is 38.2. The Kier molecular flexibility index (Phi) is 57.3. The molecule has 0 amide bonds. The lowest BCUT2D eigenvalue weighted by Gasteiger charge is -2.18. The predicted molar refractivity (Wildman–Crippen MR) is 311 cm³/mol. The maximum atomic E-state index is 12.9. The fraction of sp³-hybridized carbons (Fsp3) is 0.742. The van der Waals surface area contributed by atoms with Crippen molar-refractivity contribution in [3.63, 3.8) is 0 Å². The molecule has 0 aromatic carbocycles. The first-order valence-electron chi connectivity index (χ1n) is 30.6. The highest BCUT2D eigenvalue weighted by atomic mass is 16.6. The molecule has 414 valence electrons. The van der Waals surface area contributed by atoms with Crippen LogP contribution in [0.2, 0.25) is 0 Å². The number of rotatable bonds is 55. The molecule has 0 rings (SSSR count). The molecule has 0 spiro atoms. The molecular formula is C66H114O6. The summed E-state index contributed by atoms with van der Waals surface area (Å²) < 4.78 is 16.9. The number of allylic oxidation sites excluding steroid dienone is 14. The third-order valence-corrected chi connectivity index (χ3v) is 13.1. The Morgan fingerprint density at radius 2 is 0.569 bits per heavy atom. The van der Waals surface area contributed by atoms with Gasteiger partial charge in [-0.2, -0.15) is 0 Å². The second-order valence-electron chi connectivity index (χ2n) is 20.2. The summed E-state index contributed by atoms with van der Waals surface area (Å²) in [5.41, 5.74) is 0. The number of hydrogen-bond donors (Lipinski definition) is 0. The molecule has 0 radical (unpaired) electrons. The summed E-state index contributed by atoms with van der Waals surface area (Å²) in [6.07, 6.45) is 78.8. The van der Waals surface area contributed by atoms with Crippen LogP contribution >= 0.6 is 0 Å². The largest absolute Gasteiger partial charge is 0.462 e. The Bertz CT molecular complexity index is 1380. The number of carbonyl (C=O) groups is 3. The second-order valence-corrected chi connectivity index (χ2v) is 20.2. The van der Waals surface area contributed by atoms with E-state index in [2.05, 4.69) is 106 Å². The molecule has 0 heterocycles. The van der Waals surface area contributed by atoms with Crippen LogP contribution in [0, 0.1) is 0 Å². The van der Waals surface area contributed by atoms with E-state index in [1.807, 2.05) is 0 Å². The lowest BCUT2D eigenvalue weighted by atomic mass is 10.0. The molecule has 0 fully saturated rings. The van der Waals surface area contributed by atoms with Crippen LogP contribution in [-0.2, 0) is 28.6 Å². The van der Waals surface area contributed by atoms with Gasteiger partial charge in [-0.15, -0.1) is 0 Å². The van der Waals surface area contributed by atoms with E-state index in [1.165, 1.54) is 128 Å². The summed E-state index contributed by atoms with van der Waals surface area (Å²) in [5, 5.41) is 0. The first-order chi connectivity index (χ1) is 35.5. The highest BCUT2D eigenvalue weighted by Gasteiger charge is 2.19. The number of ether oxygens (including phenoxy) is 3. The van der Waals surface area contributed by atoms with Crippen LogP contribution in [0.5, 0.6) is 0 Å². The topological polar surface area (TPSA) is 78.9 Å². The van der Waals surface area contributed by atoms with Crippen LogP contribution in [0.1, 0.15) is 297 Å². The van der Waals surface area contributed by atoms with Crippen molar-refractivity contribution in [2.45, 2.75) is 303 Å². The van der Waals surface area contributed by atoms with Crippen LogP contribution < -0.4 is 0 Å². The highest BCUT2D eigenvalue weighted by molar-refractivity contribution is 5.71. The van der Waals surface area contributed by atoms with Gasteiger partial charge in [0, 0.05) is 19.3 Å². The van der Waals surface area contributed by atoms with E-state index in [0.29, 0.717) is 19.3 Å². The standard InChI is InChI=1S/C66H114O6/c1-4-7-10-13-16-19-22-24-26-28-30-32-33-35-36-38-40-42-44-47-50-53-56-59-65(68)71-62-63(61-70-64(67)58-55-52-49-46-21-18-15-12-9-6-3)72-66(69)60-57-54-51-48-45-43-41-39-37-34-31-29-27-25-23-20-17-14-11-8-5-2/h8,11-12,15,17,20,25,27-28,30-31,34,39,41,63H,4-7,9-10,13-14,16,18-19,21-24,26,29,32-33,35-38,40,42-62H2,1-3H3/b11-8-,15-12-,20-17-,27-25-,30-28-,34-31-,41-39-. The molecule has 0 aliphatic heterocycles. The lowest BCUT2D eigenvalue weighted by Crippen LogP contribution is -2.30. The molecule has 0 aromatic rings. The predicted octanol–water partition coefficient (Wildman–Crippen LogP) is 20.7. The Balaban J connectivity index is 4.30. The monoisotopic (exact) mass is 1000 g/mol. The van der Waals surface area contributed by atoms with Crippen LogP contribution in [0.3, 0.4) is 0 Å². The van der Waals surface area contributed by atoms with Gasteiger partial charge in [-0.3, -0.25) is 14.4 Å². The van der Waals surface area contributed by atoms with Crippen molar-refractivity contribution in [1.29, 1.82) is 0 Å². The molecule has 6 heteroatoms. The second kappa shape index (κ2) is 60.1. The van der Waals surface area contributed by atoms with Crippen molar-refractivity contribution in [3.8, 4) is 0 Å². The van der Waals surface area contributed by atoms with Crippen molar-refractivity contribution < 1.29 is 28.6 Å². The van der Waals surface area contributed by atoms with Crippen molar-refractivity contribution in [3.05, 3.63) is 85.1 Å². The number of unbranched alkanes of at least 4 members (excludes halogenated alkanes) is 30. The zero-order chi connectivity index (χ0) is 52.2. The molecular weight excluding hydrogens is 889 g/mol. The van der Waals surface area contributed by atoms with E-state index in [4.69, 9.17) is 14.2 Å². The average molecular weight is 1000 g/mol. The molecule has 1 atom stereocenters. The highest BCUT2D eigenvalue weighted by Crippen LogP contribution is 2.16. The number of hydrogen-bond acceptors (Lipinski definition) is 6. The van der Waals surface area contributed by atoms with Crippen molar-refractivity contribution >= 4 is 17.9 Å². The van der Waals surface area contributed by atoms with Crippen LogP contribution in [0.4, 0.5) is 0 Å². The minimum Gasteiger partial charge on any atom is -0.462 e. The van der Waals surface area contributed by atoms with Gasteiger partial charge in [-0.1, -0.05) is 254 Å². The van der Waals surface area contributed by atoms with Gasteiger partial charge in [0.2, 0.25) is 0 Å². The minimum absolute atomic E-state index is 0.0869. The Labute approximate surface area is 445 Å². The molecule has 0 saturated heterocycles. The van der Waals surface area contributed by atoms with E-state index in [-0.39, 0.29) is 31.1 Å². The summed E-state index contributed by atoms with van der Waals surface area (Å²) >= 11 is 0. The Morgan fingerprint density at radius 3 is 0.917 bits per heavy atom. The van der Waals surface area contributed by atoms with Crippen LogP contribution in [0.25, 0.3) is 0 Å². The minimum atomic E-state index is -0.791. The van der Waals surface area contributed by atoms with E-state index >= 15 is 0 Å². The first kappa shape index (κ1) is 68.6. The fourth-order valence-electron chi connectivity index (χ4n) is 8.53. The third-order valence-electron chi connectivity index (χ3n) is 13.1. The van der Waals surface area contributed by atoms with E-state index in [0.717, 1.165) is 128 Å². The summed E-state index contributed by atoms with van der Waals surface area (Å²) in [7, 11) is 0. The fourth-order valence-corrected chi connectivity index (χ4v) is 8.53. The zero-order valence-electron chi connectivity index (χ0n) is 47.4. The molecule has 0 aliphatic carbocycles. The maximum Gasteiger partial charge on any atom is 0.306 e.